The number of ether oxygens (including phenoxy) is 3. The Bertz CT molecular complexity index is 547. The van der Waals surface area contributed by atoms with Crippen LogP contribution in [0, 0.1) is 0 Å². The van der Waals surface area contributed by atoms with Crippen LogP contribution in [-0.2, 0) is 4.74 Å². The van der Waals surface area contributed by atoms with Gasteiger partial charge in [-0.1, -0.05) is 0 Å². The second-order valence-corrected chi connectivity index (χ2v) is 5.34. The van der Waals surface area contributed by atoms with Gasteiger partial charge in [-0.2, -0.15) is 4.99 Å². The molecule has 0 atom stereocenters. The maximum atomic E-state index is 11.6. The average molecular weight is 278 g/mol. The summed E-state index contributed by atoms with van der Waals surface area (Å²) in [5.41, 5.74) is 5.78. The molecule has 0 unspecified atom stereocenters. The van der Waals surface area contributed by atoms with Gasteiger partial charge >= 0.3 is 6.09 Å². The van der Waals surface area contributed by atoms with Crippen LogP contribution in [-0.4, -0.2) is 30.7 Å². The van der Waals surface area contributed by atoms with Gasteiger partial charge in [-0.25, -0.2) is 4.79 Å². The van der Waals surface area contributed by atoms with Gasteiger partial charge in [0.25, 0.3) is 0 Å². The number of rotatable bonds is 1. The summed E-state index contributed by atoms with van der Waals surface area (Å²) >= 11 is 0. The van der Waals surface area contributed by atoms with E-state index in [9.17, 15) is 4.79 Å². The number of nitrogens with two attached hydrogens (primary N) is 1. The molecular weight excluding hydrogens is 260 g/mol. The zero-order valence-electron chi connectivity index (χ0n) is 11.8. The zero-order valence-corrected chi connectivity index (χ0v) is 11.8. The topological polar surface area (TPSA) is 83.1 Å². The Morgan fingerprint density at radius 1 is 1.25 bits per heavy atom. The summed E-state index contributed by atoms with van der Waals surface area (Å²) < 4.78 is 15.9. The molecule has 6 heteroatoms. The molecule has 0 aromatic heterocycles. The standard InChI is InChI=1S/C14H18N2O4/c1-14(2,3)20-13(17)16-12(15)9-4-5-10-11(8-9)19-7-6-18-10/h4-5,8H,6-7H2,1-3H3,(H2,15,16,17). The highest BCUT2D eigenvalue weighted by molar-refractivity contribution is 6.03. The molecular formula is C14H18N2O4. The summed E-state index contributed by atoms with van der Waals surface area (Å²) in [4.78, 5) is 15.3. The van der Waals surface area contributed by atoms with Gasteiger partial charge in [0.15, 0.2) is 11.5 Å². The molecule has 0 radical (unpaired) electrons. The lowest BCUT2D eigenvalue weighted by Gasteiger charge is -2.19. The molecule has 2 rings (SSSR count). The fourth-order valence-corrected chi connectivity index (χ4v) is 1.65. The summed E-state index contributed by atoms with van der Waals surface area (Å²) in [6, 6.07) is 5.15. The van der Waals surface area contributed by atoms with E-state index < -0.39 is 11.7 Å². The molecule has 0 saturated heterocycles. The van der Waals surface area contributed by atoms with Crippen molar-refractivity contribution in [1.82, 2.24) is 0 Å². The van der Waals surface area contributed by atoms with Crippen LogP contribution >= 0.6 is 0 Å². The van der Waals surface area contributed by atoms with Crippen molar-refractivity contribution in [1.29, 1.82) is 0 Å². The molecule has 0 aliphatic carbocycles. The van der Waals surface area contributed by atoms with E-state index in [0.717, 1.165) is 0 Å². The molecule has 1 heterocycles. The van der Waals surface area contributed by atoms with E-state index in [1.807, 2.05) is 0 Å². The Labute approximate surface area is 117 Å². The second-order valence-electron chi connectivity index (χ2n) is 5.34. The van der Waals surface area contributed by atoms with Crippen LogP contribution in [0.3, 0.4) is 0 Å². The number of carbonyl (C=O) groups is 1. The maximum Gasteiger partial charge on any atom is 0.436 e. The molecule has 1 aromatic carbocycles. The summed E-state index contributed by atoms with van der Waals surface area (Å²) in [5, 5.41) is 0. The molecule has 20 heavy (non-hydrogen) atoms. The lowest BCUT2D eigenvalue weighted by molar-refractivity contribution is 0.0604. The molecule has 1 aromatic rings. The largest absolute Gasteiger partial charge is 0.486 e. The van der Waals surface area contributed by atoms with Crippen molar-refractivity contribution in [2.75, 3.05) is 13.2 Å². The Balaban J connectivity index is 2.16. The molecule has 1 aliphatic rings. The first-order valence-corrected chi connectivity index (χ1v) is 6.32. The van der Waals surface area contributed by atoms with Crippen LogP contribution < -0.4 is 15.2 Å². The number of amides is 1. The SMILES string of the molecule is CC(C)(C)OC(=O)/N=C(\N)c1ccc2c(c1)OCCO2. The first-order chi connectivity index (χ1) is 9.35. The summed E-state index contributed by atoms with van der Waals surface area (Å²) in [6.45, 7) is 6.30. The molecule has 0 saturated carbocycles. The van der Waals surface area contributed by atoms with Crippen LogP contribution in [0.15, 0.2) is 23.2 Å². The van der Waals surface area contributed by atoms with E-state index in [-0.39, 0.29) is 5.84 Å². The lowest BCUT2D eigenvalue weighted by atomic mass is 10.2. The predicted molar refractivity (Wildman–Crippen MR) is 74.4 cm³/mol. The van der Waals surface area contributed by atoms with Crippen molar-refractivity contribution < 1.29 is 19.0 Å². The van der Waals surface area contributed by atoms with Crippen LogP contribution in [0.4, 0.5) is 4.79 Å². The lowest BCUT2D eigenvalue weighted by Crippen LogP contribution is -2.24. The second kappa shape index (κ2) is 5.40. The monoisotopic (exact) mass is 278 g/mol. The number of aliphatic imine (C=N–C) groups is 1. The summed E-state index contributed by atoms with van der Waals surface area (Å²) in [7, 11) is 0. The van der Waals surface area contributed by atoms with Crippen LogP contribution in [0.2, 0.25) is 0 Å². The highest BCUT2D eigenvalue weighted by Gasteiger charge is 2.17. The maximum absolute atomic E-state index is 11.6. The average Bonchev–Trinajstić information content (AvgIpc) is 2.35. The Kier molecular flexibility index (Phi) is 3.83. The minimum Gasteiger partial charge on any atom is -0.486 e. The smallest absolute Gasteiger partial charge is 0.436 e. The normalized spacial score (nSPS) is 14.8. The van der Waals surface area contributed by atoms with Gasteiger partial charge in [0, 0.05) is 5.56 Å². The van der Waals surface area contributed by atoms with E-state index in [2.05, 4.69) is 4.99 Å². The summed E-state index contributed by atoms with van der Waals surface area (Å²) in [5.74, 6) is 1.33. The number of fused-ring (bicyclic) bond motifs is 1. The first-order valence-electron chi connectivity index (χ1n) is 6.32. The quantitative estimate of drug-likeness (QED) is 0.628. The van der Waals surface area contributed by atoms with Crippen molar-refractivity contribution in [2.24, 2.45) is 10.7 Å². The predicted octanol–water partition coefficient (Wildman–Crippen LogP) is 2.10. The number of hydrogen-bond donors (Lipinski definition) is 1. The number of nitrogens with zero attached hydrogens (tertiary/aromatic N) is 1. The molecule has 2 N–H and O–H groups in total. The molecule has 0 bridgehead atoms. The van der Waals surface area contributed by atoms with Crippen molar-refractivity contribution in [3.05, 3.63) is 23.8 Å². The van der Waals surface area contributed by atoms with E-state index in [4.69, 9.17) is 19.9 Å². The van der Waals surface area contributed by atoms with Crippen LogP contribution in [0.25, 0.3) is 0 Å². The number of carbonyl (C=O) groups excluding carboxylic acids is 1. The van der Waals surface area contributed by atoms with Crippen molar-refractivity contribution in [2.45, 2.75) is 26.4 Å². The van der Waals surface area contributed by atoms with Crippen LogP contribution in [0.5, 0.6) is 11.5 Å². The molecule has 0 fully saturated rings. The third-order valence-corrected chi connectivity index (χ3v) is 2.44. The first kappa shape index (κ1) is 14.2. The van der Waals surface area contributed by atoms with Gasteiger partial charge in [-0.3, -0.25) is 0 Å². The third kappa shape index (κ3) is 3.63. The number of hydrogen-bond acceptors (Lipinski definition) is 4. The van der Waals surface area contributed by atoms with E-state index in [0.29, 0.717) is 30.3 Å². The molecule has 108 valence electrons. The summed E-state index contributed by atoms with van der Waals surface area (Å²) in [6.07, 6.45) is -0.718. The van der Waals surface area contributed by atoms with Crippen molar-refractivity contribution in [3.8, 4) is 11.5 Å². The van der Waals surface area contributed by atoms with Gasteiger partial charge in [0.05, 0.1) is 0 Å². The molecule has 1 aliphatic heterocycles. The third-order valence-electron chi connectivity index (χ3n) is 2.44. The van der Waals surface area contributed by atoms with Gasteiger partial charge in [0.2, 0.25) is 0 Å². The van der Waals surface area contributed by atoms with E-state index in [1.165, 1.54) is 0 Å². The van der Waals surface area contributed by atoms with Crippen molar-refractivity contribution in [3.63, 3.8) is 0 Å². The molecule has 1 amide bonds. The Hall–Kier alpha value is -2.24. The van der Waals surface area contributed by atoms with Gasteiger partial charge < -0.3 is 19.9 Å². The molecule has 0 spiro atoms. The van der Waals surface area contributed by atoms with Gasteiger partial charge in [-0.15, -0.1) is 0 Å². The highest BCUT2D eigenvalue weighted by Crippen LogP contribution is 2.30. The Morgan fingerprint density at radius 2 is 1.90 bits per heavy atom. The highest BCUT2D eigenvalue weighted by atomic mass is 16.6. The minimum absolute atomic E-state index is 0.0798. The van der Waals surface area contributed by atoms with Crippen LogP contribution in [0.1, 0.15) is 26.3 Å². The zero-order chi connectivity index (χ0) is 14.8. The van der Waals surface area contributed by atoms with Gasteiger partial charge in [0.1, 0.15) is 24.7 Å². The van der Waals surface area contributed by atoms with Gasteiger partial charge in [-0.05, 0) is 39.0 Å². The number of amidine groups is 1. The number of benzene rings is 1. The fraction of sp³-hybridized carbons (Fsp3) is 0.429. The van der Waals surface area contributed by atoms with E-state index >= 15 is 0 Å². The minimum atomic E-state index is -0.718. The van der Waals surface area contributed by atoms with E-state index in [1.54, 1.807) is 39.0 Å². The Morgan fingerprint density at radius 3 is 2.55 bits per heavy atom. The fourth-order valence-electron chi connectivity index (χ4n) is 1.65. The van der Waals surface area contributed by atoms with Crippen molar-refractivity contribution >= 4 is 11.9 Å². The molecule has 6 nitrogen and oxygen atoms in total.